The van der Waals surface area contributed by atoms with Crippen molar-refractivity contribution in [1.29, 1.82) is 0 Å². The SMILES string of the molecule is C.C.C=CC(=O)OCCO.C=CC(=O)OCCOC(=O)CCCCCCCNC(=O)Nc1nc(C)cc(=O)[nH]1.Cc1cc(=O)[nH]c(NC(=O)NCCCCCCN=C=O)n1. The van der Waals surface area contributed by atoms with Crippen LogP contribution in [0.2, 0.25) is 0 Å². The third-order valence-electron chi connectivity index (χ3n) is 6.85. The summed E-state index contributed by atoms with van der Waals surface area (Å²) in [5, 5.41) is 18.4. The summed E-state index contributed by atoms with van der Waals surface area (Å²) in [6.07, 6.45) is 11.7. The Morgan fingerprint density at radius 1 is 0.717 bits per heavy atom. The van der Waals surface area contributed by atoms with Crippen molar-refractivity contribution in [2.45, 2.75) is 92.9 Å². The molecule has 21 nitrogen and oxygen atoms in total. The fourth-order valence-electron chi connectivity index (χ4n) is 4.26. The number of anilines is 2. The van der Waals surface area contributed by atoms with E-state index < -0.39 is 24.0 Å². The van der Waals surface area contributed by atoms with Gasteiger partial charge in [-0.15, -0.1) is 0 Å². The highest BCUT2D eigenvalue weighted by atomic mass is 16.6. The van der Waals surface area contributed by atoms with Crippen molar-refractivity contribution in [3.05, 3.63) is 69.5 Å². The van der Waals surface area contributed by atoms with Gasteiger partial charge in [-0.05, 0) is 39.5 Å². The summed E-state index contributed by atoms with van der Waals surface area (Å²) in [4.78, 5) is 104. The van der Waals surface area contributed by atoms with Gasteiger partial charge in [0.25, 0.3) is 11.1 Å². The van der Waals surface area contributed by atoms with E-state index in [1.54, 1.807) is 13.8 Å². The number of carbonyl (C=O) groups excluding carboxylic acids is 6. The predicted molar refractivity (Wildman–Crippen MR) is 226 cm³/mol. The zero-order valence-corrected chi connectivity index (χ0v) is 33.0. The minimum atomic E-state index is -0.546. The van der Waals surface area contributed by atoms with Gasteiger partial charge < -0.3 is 30.0 Å². The number of aliphatic hydroxyl groups is 1. The number of urea groups is 2. The lowest BCUT2D eigenvalue weighted by atomic mass is 10.1. The molecule has 0 aliphatic carbocycles. The molecule has 21 heteroatoms. The molecule has 0 saturated heterocycles. The second-order valence-corrected chi connectivity index (χ2v) is 11.8. The highest BCUT2D eigenvalue weighted by Gasteiger charge is 2.06. The van der Waals surface area contributed by atoms with Crippen LogP contribution in [0.4, 0.5) is 21.5 Å². The van der Waals surface area contributed by atoms with Crippen molar-refractivity contribution in [3.63, 3.8) is 0 Å². The molecule has 0 fully saturated rings. The summed E-state index contributed by atoms with van der Waals surface area (Å²) in [6, 6.07) is 1.84. The van der Waals surface area contributed by atoms with Crippen LogP contribution in [0.1, 0.15) is 90.4 Å². The quantitative estimate of drug-likeness (QED) is 0.0197. The van der Waals surface area contributed by atoms with Gasteiger partial charge in [-0.2, -0.15) is 0 Å². The third kappa shape index (κ3) is 34.8. The average Bonchev–Trinajstić information content (AvgIpc) is 3.17. The Kier molecular flexibility index (Phi) is 36.7. The molecule has 0 aliphatic rings. The standard InChI is InChI=1S/C19H28N4O6.C13H19N5O3.C5H8O3.2CH4/c1-3-16(25)28-11-12-29-17(26)9-7-5-4-6-8-10-20-19(27)23-18-21-14(2)13-15(24)22-18;1-10-8-11(20)17-12(16-10)18-13(21)15-7-5-3-2-4-6-14-9-19;1-2-5(7)8-4-3-6;;/h3,13H,1,4-12H2,2H3,(H3,20,21,22,23,24,27);8H,2-7H2,1H3,(H3,15,16,17,18,20,21);2,6H,1,3-4H2;2*1H4. The van der Waals surface area contributed by atoms with Crippen molar-refractivity contribution < 1.29 is 48.1 Å². The summed E-state index contributed by atoms with van der Waals surface area (Å²) in [5.74, 6) is -1.13. The van der Waals surface area contributed by atoms with Crippen LogP contribution in [-0.4, -0.2) is 107 Å². The molecule has 2 rings (SSSR count). The summed E-state index contributed by atoms with van der Waals surface area (Å²) >= 11 is 0. The maximum absolute atomic E-state index is 11.7. The van der Waals surface area contributed by atoms with Gasteiger partial charge in [-0.25, -0.2) is 38.9 Å². The van der Waals surface area contributed by atoms with Crippen molar-refractivity contribution >= 4 is 47.9 Å². The monoisotopic (exact) mass is 849 g/mol. The van der Waals surface area contributed by atoms with Crippen LogP contribution in [0.3, 0.4) is 0 Å². The molecular formula is C39H63N9O12. The molecule has 336 valence electrons. The molecule has 60 heavy (non-hydrogen) atoms. The van der Waals surface area contributed by atoms with Gasteiger partial charge in [0.05, 0.1) is 13.2 Å². The number of nitrogens with zero attached hydrogens (tertiary/aromatic N) is 3. The summed E-state index contributed by atoms with van der Waals surface area (Å²) in [7, 11) is 0. The summed E-state index contributed by atoms with van der Waals surface area (Å²) in [6.45, 7) is 11.3. The lowest BCUT2D eigenvalue weighted by Crippen LogP contribution is -2.31. The van der Waals surface area contributed by atoms with E-state index in [9.17, 15) is 38.4 Å². The first-order valence-electron chi connectivity index (χ1n) is 18.5. The molecule has 0 aliphatic heterocycles. The van der Waals surface area contributed by atoms with E-state index in [0.717, 1.165) is 63.5 Å². The summed E-state index contributed by atoms with van der Waals surface area (Å²) < 4.78 is 14.0. The number of isocyanates is 1. The van der Waals surface area contributed by atoms with E-state index in [1.807, 2.05) is 0 Å². The van der Waals surface area contributed by atoms with E-state index in [1.165, 1.54) is 18.2 Å². The molecule has 2 heterocycles. The lowest BCUT2D eigenvalue weighted by molar-refractivity contribution is -0.149. The van der Waals surface area contributed by atoms with E-state index in [4.69, 9.17) is 14.6 Å². The number of nitrogens with one attached hydrogen (secondary N) is 6. The molecule has 0 spiro atoms. The highest BCUT2D eigenvalue weighted by Crippen LogP contribution is 2.06. The fraction of sp³-hybridized carbons (Fsp3) is 0.538. The van der Waals surface area contributed by atoms with Crippen LogP contribution in [0, 0.1) is 13.8 Å². The van der Waals surface area contributed by atoms with E-state index in [0.29, 0.717) is 43.9 Å². The van der Waals surface area contributed by atoms with Crippen molar-refractivity contribution in [1.82, 2.24) is 30.6 Å². The number of esters is 3. The number of hydrogen-bond acceptors (Lipinski definition) is 15. The van der Waals surface area contributed by atoms with Crippen molar-refractivity contribution in [2.24, 2.45) is 4.99 Å². The molecule has 7 N–H and O–H groups in total. The van der Waals surface area contributed by atoms with Gasteiger partial charge in [0, 0.05) is 55.2 Å². The van der Waals surface area contributed by atoms with Crippen molar-refractivity contribution in [3.8, 4) is 0 Å². The average molecular weight is 850 g/mol. The first-order chi connectivity index (χ1) is 27.8. The molecule has 0 unspecified atom stereocenters. The fourth-order valence-corrected chi connectivity index (χ4v) is 4.26. The van der Waals surface area contributed by atoms with Crippen LogP contribution >= 0.6 is 0 Å². The van der Waals surface area contributed by atoms with Crippen molar-refractivity contribution in [2.75, 3.05) is 56.7 Å². The molecular weight excluding hydrogens is 786 g/mol. The molecule has 0 saturated carbocycles. The normalized spacial score (nSPS) is 9.38. The van der Waals surface area contributed by atoms with Crippen LogP contribution < -0.4 is 32.4 Å². The zero-order valence-electron chi connectivity index (χ0n) is 33.0. The highest BCUT2D eigenvalue weighted by molar-refractivity contribution is 5.87. The molecule has 0 atom stereocenters. The van der Waals surface area contributed by atoms with Gasteiger partial charge in [0.1, 0.15) is 19.8 Å². The zero-order chi connectivity index (χ0) is 43.4. The first-order valence-corrected chi connectivity index (χ1v) is 18.5. The Bertz CT molecular complexity index is 1740. The van der Waals surface area contributed by atoms with Crippen LogP contribution in [0.25, 0.3) is 0 Å². The molecule has 2 aromatic heterocycles. The van der Waals surface area contributed by atoms with E-state index >= 15 is 0 Å². The molecule has 4 amide bonds. The molecule has 2 aromatic rings. The van der Waals surface area contributed by atoms with Gasteiger partial charge >= 0.3 is 30.0 Å². The Morgan fingerprint density at radius 3 is 1.60 bits per heavy atom. The number of aromatic nitrogens is 4. The lowest BCUT2D eigenvalue weighted by Gasteiger charge is -2.07. The summed E-state index contributed by atoms with van der Waals surface area (Å²) in [5.41, 5.74) is 0.416. The second kappa shape index (κ2) is 38.1. The Labute approximate surface area is 350 Å². The maximum Gasteiger partial charge on any atom is 0.330 e. The largest absolute Gasteiger partial charge is 0.462 e. The number of H-pyrrole nitrogens is 2. The van der Waals surface area contributed by atoms with Crippen LogP contribution in [-0.2, 0) is 33.4 Å². The number of rotatable bonds is 24. The topological polar surface area (TPSA) is 302 Å². The molecule has 0 radical (unpaired) electrons. The number of aryl methyl sites for hydroxylation is 2. The number of amides is 4. The second-order valence-electron chi connectivity index (χ2n) is 11.8. The number of aliphatic imine (C=N–C) groups is 1. The number of aromatic amines is 2. The minimum Gasteiger partial charge on any atom is -0.462 e. The predicted octanol–water partition coefficient (Wildman–Crippen LogP) is 3.89. The smallest absolute Gasteiger partial charge is 0.330 e. The maximum atomic E-state index is 11.7. The van der Waals surface area contributed by atoms with Gasteiger partial charge in [-0.3, -0.25) is 35.0 Å². The number of carbonyl (C=O) groups is 5. The van der Waals surface area contributed by atoms with Gasteiger partial charge in [0.2, 0.25) is 18.0 Å². The van der Waals surface area contributed by atoms with Gasteiger partial charge in [-0.1, -0.05) is 60.1 Å². The van der Waals surface area contributed by atoms with E-state index in [2.05, 4.69) is 64.1 Å². The third-order valence-corrected chi connectivity index (χ3v) is 6.85. The number of hydrogen-bond donors (Lipinski definition) is 7. The van der Waals surface area contributed by atoms with Crippen LogP contribution in [0.15, 0.2) is 52.0 Å². The minimum absolute atomic E-state index is 0. The Balaban J connectivity index is -0.000000917. The molecule has 0 aromatic carbocycles. The van der Waals surface area contributed by atoms with E-state index in [-0.39, 0.29) is 70.3 Å². The Hall–Kier alpha value is -6.47. The van der Waals surface area contributed by atoms with Crippen LogP contribution in [0.5, 0.6) is 0 Å². The molecule has 0 bridgehead atoms. The number of unbranched alkanes of at least 4 members (excludes halogenated alkanes) is 7. The number of ether oxygens (including phenoxy) is 3. The first kappa shape index (κ1) is 57.9. The number of aliphatic hydroxyl groups excluding tert-OH is 1. The van der Waals surface area contributed by atoms with Gasteiger partial charge in [0.15, 0.2) is 0 Å². The Morgan fingerprint density at radius 2 is 1.15 bits per heavy atom.